The molecular weight excluding hydrogens is 530 g/mol. The Morgan fingerprint density at radius 3 is 2.34 bits per heavy atom. The molecule has 3 aromatic rings. The Bertz CT molecular complexity index is 1510. The number of aryl methyl sites for hydroxylation is 1. The molecule has 1 aliphatic heterocycles. The number of benzene rings is 3. The fourth-order valence-corrected chi connectivity index (χ4v) is 6.21. The molecule has 10 nitrogen and oxygen atoms in total. The molecule has 0 saturated carbocycles. The van der Waals surface area contributed by atoms with Crippen molar-refractivity contribution in [2.45, 2.75) is 22.8 Å². The van der Waals surface area contributed by atoms with Gasteiger partial charge in [0, 0.05) is 14.1 Å². The summed E-state index contributed by atoms with van der Waals surface area (Å²) in [5.74, 6) is 0.251. The zero-order valence-corrected chi connectivity index (χ0v) is 22.8. The molecule has 0 bridgehead atoms. The van der Waals surface area contributed by atoms with Crippen molar-refractivity contribution >= 4 is 31.6 Å². The van der Waals surface area contributed by atoms with Gasteiger partial charge in [0.15, 0.2) is 6.10 Å². The summed E-state index contributed by atoms with van der Waals surface area (Å²) >= 11 is 0. The predicted octanol–water partition coefficient (Wildman–Crippen LogP) is 2.40. The number of carbonyl (C=O) groups is 1. The standard InChI is InChI=1S/C26H29N3O7S2/c1-19-9-14-24-23(17-19)29(38(33,34)21-7-5-4-6-8-21)18-25(36-24)26(30)27-15-16-35-20-10-12-22(13-11-20)37(31,32)28(2)3/h4-14,17,25H,15-16,18H2,1-3H3,(H,27,30)/t25-/m1/s1. The molecule has 1 atom stereocenters. The summed E-state index contributed by atoms with van der Waals surface area (Å²) in [6.45, 7) is 1.89. The van der Waals surface area contributed by atoms with Gasteiger partial charge in [0.1, 0.15) is 18.1 Å². The highest BCUT2D eigenvalue weighted by Crippen LogP contribution is 2.37. The van der Waals surface area contributed by atoms with Gasteiger partial charge in [-0.2, -0.15) is 0 Å². The Morgan fingerprint density at radius 1 is 1.00 bits per heavy atom. The summed E-state index contributed by atoms with van der Waals surface area (Å²) < 4.78 is 65.0. The van der Waals surface area contributed by atoms with Crippen LogP contribution < -0.4 is 19.1 Å². The fraction of sp³-hybridized carbons (Fsp3) is 0.269. The molecular formula is C26H29N3O7S2. The fourth-order valence-electron chi connectivity index (χ4n) is 3.82. The number of sulfonamides is 2. The number of amides is 1. The third kappa shape index (κ3) is 5.77. The summed E-state index contributed by atoms with van der Waals surface area (Å²) in [7, 11) is -4.57. The normalized spacial score (nSPS) is 15.5. The lowest BCUT2D eigenvalue weighted by atomic mass is 10.1. The molecule has 202 valence electrons. The van der Waals surface area contributed by atoms with Crippen LogP contribution in [0, 0.1) is 6.92 Å². The van der Waals surface area contributed by atoms with Crippen LogP contribution in [0.3, 0.4) is 0 Å². The molecule has 0 saturated heterocycles. The molecule has 12 heteroatoms. The Morgan fingerprint density at radius 2 is 1.68 bits per heavy atom. The van der Waals surface area contributed by atoms with Crippen molar-refractivity contribution in [2.75, 3.05) is 38.1 Å². The minimum absolute atomic E-state index is 0.111. The van der Waals surface area contributed by atoms with Crippen LogP contribution in [0.4, 0.5) is 5.69 Å². The highest BCUT2D eigenvalue weighted by molar-refractivity contribution is 7.92. The minimum Gasteiger partial charge on any atom is -0.492 e. The van der Waals surface area contributed by atoms with Gasteiger partial charge >= 0.3 is 0 Å². The predicted molar refractivity (Wildman–Crippen MR) is 142 cm³/mol. The first kappa shape index (κ1) is 27.4. The summed E-state index contributed by atoms with van der Waals surface area (Å²) in [5.41, 5.74) is 1.23. The number of anilines is 1. The lowest BCUT2D eigenvalue weighted by molar-refractivity contribution is -0.127. The van der Waals surface area contributed by atoms with Crippen LogP contribution in [0.2, 0.25) is 0 Å². The van der Waals surface area contributed by atoms with Crippen molar-refractivity contribution in [1.82, 2.24) is 9.62 Å². The number of nitrogens with zero attached hydrogens (tertiary/aromatic N) is 2. The lowest BCUT2D eigenvalue weighted by Crippen LogP contribution is -2.51. The van der Waals surface area contributed by atoms with Gasteiger partial charge in [0.25, 0.3) is 15.9 Å². The smallest absolute Gasteiger partial charge is 0.264 e. The van der Waals surface area contributed by atoms with Crippen LogP contribution in [0.15, 0.2) is 82.6 Å². The van der Waals surface area contributed by atoms with Crippen molar-refractivity contribution in [2.24, 2.45) is 0 Å². The van der Waals surface area contributed by atoms with E-state index in [1.807, 2.05) is 6.92 Å². The largest absolute Gasteiger partial charge is 0.492 e. The average Bonchev–Trinajstić information content (AvgIpc) is 2.91. The van der Waals surface area contributed by atoms with Gasteiger partial charge < -0.3 is 14.8 Å². The number of nitrogens with one attached hydrogen (secondary N) is 1. The highest BCUT2D eigenvalue weighted by atomic mass is 32.2. The van der Waals surface area contributed by atoms with E-state index in [4.69, 9.17) is 9.47 Å². The zero-order chi connectivity index (χ0) is 27.5. The van der Waals surface area contributed by atoms with Crippen molar-refractivity contribution in [3.63, 3.8) is 0 Å². The van der Waals surface area contributed by atoms with Crippen LogP contribution in [-0.2, 0) is 24.8 Å². The molecule has 0 spiro atoms. The molecule has 1 N–H and O–H groups in total. The second-order valence-corrected chi connectivity index (χ2v) is 12.8. The van der Waals surface area contributed by atoms with E-state index < -0.39 is 32.1 Å². The second-order valence-electron chi connectivity index (χ2n) is 8.83. The topological polar surface area (TPSA) is 122 Å². The van der Waals surface area contributed by atoms with Gasteiger partial charge in [0.05, 0.1) is 28.6 Å². The van der Waals surface area contributed by atoms with Crippen molar-refractivity contribution in [3.8, 4) is 11.5 Å². The van der Waals surface area contributed by atoms with E-state index in [2.05, 4.69) is 5.32 Å². The number of hydrogen-bond donors (Lipinski definition) is 1. The van der Waals surface area contributed by atoms with Crippen molar-refractivity contribution in [3.05, 3.63) is 78.4 Å². The Balaban J connectivity index is 1.41. The molecule has 0 unspecified atom stereocenters. The number of ether oxygens (including phenoxy) is 2. The molecule has 0 radical (unpaired) electrons. The maximum Gasteiger partial charge on any atom is 0.264 e. The summed E-state index contributed by atoms with van der Waals surface area (Å²) in [6.07, 6.45) is -1.07. The van der Waals surface area contributed by atoms with E-state index in [0.717, 1.165) is 9.87 Å². The molecule has 0 aliphatic carbocycles. The Kier molecular flexibility index (Phi) is 7.95. The van der Waals surface area contributed by atoms with Crippen LogP contribution in [0.25, 0.3) is 0 Å². The molecule has 1 amide bonds. The minimum atomic E-state index is -3.94. The second kappa shape index (κ2) is 11.0. The van der Waals surface area contributed by atoms with Gasteiger partial charge in [-0.05, 0) is 61.0 Å². The zero-order valence-electron chi connectivity index (χ0n) is 21.2. The average molecular weight is 560 g/mol. The third-order valence-corrected chi connectivity index (χ3v) is 9.50. The van der Waals surface area contributed by atoms with E-state index in [9.17, 15) is 21.6 Å². The molecule has 4 rings (SSSR count). The number of rotatable bonds is 9. The van der Waals surface area contributed by atoms with Gasteiger partial charge in [-0.15, -0.1) is 0 Å². The quantitative estimate of drug-likeness (QED) is 0.400. The first-order valence-electron chi connectivity index (χ1n) is 11.8. The summed E-state index contributed by atoms with van der Waals surface area (Å²) in [6, 6.07) is 19.1. The maximum atomic E-state index is 13.4. The van der Waals surface area contributed by atoms with E-state index >= 15 is 0 Å². The maximum absolute atomic E-state index is 13.4. The monoisotopic (exact) mass is 559 g/mol. The SMILES string of the molecule is Cc1ccc2c(c1)N(S(=O)(=O)c1ccccc1)C[C@H](C(=O)NCCOc1ccc(S(=O)(=O)N(C)C)cc1)O2. The van der Waals surface area contributed by atoms with E-state index in [0.29, 0.717) is 17.2 Å². The van der Waals surface area contributed by atoms with Gasteiger partial charge in [-0.25, -0.2) is 21.1 Å². The van der Waals surface area contributed by atoms with Crippen LogP contribution in [0.5, 0.6) is 11.5 Å². The molecule has 0 fully saturated rings. The molecule has 38 heavy (non-hydrogen) atoms. The van der Waals surface area contributed by atoms with Crippen molar-refractivity contribution < 1.29 is 31.1 Å². The third-order valence-electron chi connectivity index (χ3n) is 5.88. The number of hydrogen-bond acceptors (Lipinski definition) is 7. The van der Waals surface area contributed by atoms with Gasteiger partial charge in [-0.1, -0.05) is 24.3 Å². The summed E-state index contributed by atoms with van der Waals surface area (Å²) in [4.78, 5) is 13.2. The first-order chi connectivity index (χ1) is 18.0. The van der Waals surface area contributed by atoms with E-state index in [1.54, 1.807) is 36.4 Å². The van der Waals surface area contributed by atoms with E-state index in [1.165, 1.54) is 54.8 Å². The molecule has 1 heterocycles. The molecule has 1 aliphatic rings. The number of fused-ring (bicyclic) bond motifs is 1. The van der Waals surface area contributed by atoms with Crippen molar-refractivity contribution in [1.29, 1.82) is 0 Å². The van der Waals surface area contributed by atoms with Crippen LogP contribution in [-0.4, -0.2) is 66.9 Å². The van der Waals surface area contributed by atoms with Gasteiger partial charge in [0.2, 0.25) is 10.0 Å². The molecule has 0 aromatic heterocycles. The number of carbonyl (C=O) groups excluding carboxylic acids is 1. The van der Waals surface area contributed by atoms with Crippen LogP contribution in [0.1, 0.15) is 5.56 Å². The van der Waals surface area contributed by atoms with E-state index in [-0.39, 0.29) is 29.5 Å². The van der Waals surface area contributed by atoms with Crippen LogP contribution >= 0.6 is 0 Å². The molecule has 3 aromatic carbocycles. The Labute approximate surface area is 222 Å². The summed E-state index contributed by atoms with van der Waals surface area (Å²) in [5, 5.41) is 2.71. The first-order valence-corrected chi connectivity index (χ1v) is 14.7. The highest BCUT2D eigenvalue weighted by Gasteiger charge is 2.37. The van der Waals surface area contributed by atoms with Gasteiger partial charge in [-0.3, -0.25) is 9.10 Å². The lowest BCUT2D eigenvalue weighted by Gasteiger charge is -2.35. The Hall–Kier alpha value is -3.61.